The first-order valence-electron chi connectivity index (χ1n) is 11.9. The third kappa shape index (κ3) is 6.28. The molecule has 1 fully saturated rings. The summed E-state index contributed by atoms with van der Waals surface area (Å²) in [6.07, 6.45) is -0.680. The van der Waals surface area contributed by atoms with Crippen LogP contribution < -0.4 is 4.18 Å². The summed E-state index contributed by atoms with van der Waals surface area (Å²) in [5.74, 6) is -0.719. The molecule has 0 aliphatic carbocycles. The second-order valence-electron chi connectivity index (χ2n) is 9.33. The summed E-state index contributed by atoms with van der Waals surface area (Å²) < 4.78 is 70.0. The number of hydrogen-bond acceptors (Lipinski definition) is 8. The topological polar surface area (TPSA) is 97.1 Å². The highest BCUT2D eigenvalue weighted by Gasteiger charge is 2.34. The molecule has 5 rings (SSSR count). The van der Waals surface area contributed by atoms with Crippen molar-refractivity contribution in [2.75, 3.05) is 39.5 Å². The molecule has 2 aliphatic heterocycles. The molecule has 206 valence electrons. The highest BCUT2D eigenvalue weighted by molar-refractivity contribution is 8.18. The maximum absolute atomic E-state index is 13.8. The van der Waals surface area contributed by atoms with Crippen LogP contribution in [0.4, 0.5) is 13.2 Å². The molecule has 0 bridgehead atoms. The number of alkyl halides is 3. The zero-order valence-corrected chi connectivity index (χ0v) is 22.6. The van der Waals surface area contributed by atoms with Crippen LogP contribution in [0, 0.1) is 0 Å². The van der Waals surface area contributed by atoms with E-state index in [0.29, 0.717) is 27.0 Å². The van der Waals surface area contributed by atoms with Gasteiger partial charge in [-0.2, -0.15) is 31.7 Å². The van der Waals surface area contributed by atoms with E-state index in [4.69, 9.17) is 0 Å². The Hall–Kier alpha value is -3.36. The van der Waals surface area contributed by atoms with Crippen LogP contribution >= 0.6 is 11.8 Å². The van der Waals surface area contributed by atoms with Crippen molar-refractivity contribution in [3.8, 4) is 5.75 Å². The van der Waals surface area contributed by atoms with E-state index >= 15 is 0 Å². The standard InChI is InChI=1S/C25H24F3N5O4S2/c1-31-7-9-32(10-8-31)24-30-23(34)22(38-24)12-16-3-6-21-18(11-16)14-29-33(21)15-17-4-5-19(37-39(2,35)36)13-20(17)25(26,27)28/h3-6,11-14H,7-10,15H2,1-2H3/b22-12+. The maximum atomic E-state index is 13.8. The number of carbonyl (C=O) groups excluding carboxylic acids is 1. The summed E-state index contributed by atoms with van der Waals surface area (Å²) in [5, 5.41) is 5.64. The predicted molar refractivity (Wildman–Crippen MR) is 143 cm³/mol. The molecule has 0 N–H and O–H groups in total. The fourth-order valence-electron chi connectivity index (χ4n) is 4.35. The molecule has 0 spiro atoms. The summed E-state index contributed by atoms with van der Waals surface area (Å²) in [4.78, 5) is 21.6. The molecule has 0 atom stereocenters. The average molecular weight is 580 g/mol. The van der Waals surface area contributed by atoms with E-state index in [1.807, 2.05) is 0 Å². The molecule has 1 saturated heterocycles. The Morgan fingerprint density at radius 3 is 2.54 bits per heavy atom. The number of piperazine rings is 1. The molecule has 2 aliphatic rings. The number of benzene rings is 2. The number of fused-ring (bicyclic) bond motifs is 1. The van der Waals surface area contributed by atoms with Gasteiger partial charge in [-0.25, -0.2) is 0 Å². The first-order valence-corrected chi connectivity index (χ1v) is 14.5. The van der Waals surface area contributed by atoms with Crippen LogP contribution in [0.15, 0.2) is 52.5 Å². The SMILES string of the molecule is CN1CCN(C2=NC(=O)/C(=C\c3ccc4c(cnn4Cc4ccc(OS(C)(=O)=O)cc4C(F)(F)F)c3)S2)CC1. The molecule has 1 amide bonds. The van der Waals surface area contributed by atoms with Crippen molar-refractivity contribution in [2.24, 2.45) is 4.99 Å². The van der Waals surface area contributed by atoms with E-state index in [2.05, 4.69) is 31.1 Å². The van der Waals surface area contributed by atoms with Crippen molar-refractivity contribution in [3.05, 3.63) is 64.2 Å². The Balaban J connectivity index is 1.36. The van der Waals surface area contributed by atoms with E-state index in [1.165, 1.54) is 28.6 Å². The van der Waals surface area contributed by atoms with Crippen LogP contribution in [0.1, 0.15) is 16.7 Å². The van der Waals surface area contributed by atoms with Gasteiger partial charge in [0.2, 0.25) is 0 Å². The molecule has 0 radical (unpaired) electrons. The summed E-state index contributed by atoms with van der Waals surface area (Å²) in [5.41, 5.74) is 0.232. The van der Waals surface area contributed by atoms with Crippen molar-refractivity contribution in [3.63, 3.8) is 0 Å². The molecule has 14 heteroatoms. The van der Waals surface area contributed by atoms with Gasteiger partial charge in [0, 0.05) is 31.6 Å². The Bertz CT molecular complexity index is 1610. The van der Waals surface area contributed by atoms with Crippen LogP contribution in [0.2, 0.25) is 0 Å². The molecule has 1 aromatic heterocycles. The molecule has 2 aromatic carbocycles. The number of amidine groups is 1. The molecule has 3 aromatic rings. The van der Waals surface area contributed by atoms with E-state index in [1.54, 1.807) is 30.5 Å². The molecular formula is C25H24F3N5O4S2. The predicted octanol–water partition coefficient (Wildman–Crippen LogP) is 3.66. The van der Waals surface area contributed by atoms with Gasteiger partial charge in [0.25, 0.3) is 5.91 Å². The lowest BCUT2D eigenvalue weighted by molar-refractivity contribution is -0.138. The number of aliphatic imine (C=N–C) groups is 1. The van der Waals surface area contributed by atoms with E-state index in [9.17, 15) is 26.4 Å². The minimum absolute atomic E-state index is 0.0962. The maximum Gasteiger partial charge on any atom is 0.416 e. The molecule has 0 unspecified atom stereocenters. The monoisotopic (exact) mass is 579 g/mol. The third-order valence-corrected chi connectivity index (χ3v) is 7.84. The van der Waals surface area contributed by atoms with Crippen molar-refractivity contribution in [1.29, 1.82) is 0 Å². The van der Waals surface area contributed by atoms with Crippen LogP contribution in [-0.2, 0) is 27.6 Å². The van der Waals surface area contributed by atoms with Gasteiger partial charge in [-0.1, -0.05) is 12.1 Å². The number of likely N-dealkylation sites (N-methyl/N-ethyl adjacent to an activating group) is 1. The fourth-order valence-corrected chi connectivity index (χ4v) is 5.77. The highest BCUT2D eigenvalue weighted by Crippen LogP contribution is 2.36. The second kappa shape index (κ2) is 10.3. The number of thioether (sulfide) groups is 1. The first-order chi connectivity index (χ1) is 18.4. The molecular weight excluding hydrogens is 555 g/mol. The number of carbonyl (C=O) groups is 1. The van der Waals surface area contributed by atoms with Crippen LogP contribution in [0.25, 0.3) is 17.0 Å². The van der Waals surface area contributed by atoms with Gasteiger partial charge in [0.15, 0.2) is 5.17 Å². The van der Waals surface area contributed by atoms with Gasteiger partial charge in [0.1, 0.15) is 5.75 Å². The van der Waals surface area contributed by atoms with Gasteiger partial charge < -0.3 is 14.0 Å². The summed E-state index contributed by atoms with van der Waals surface area (Å²) >= 11 is 1.34. The van der Waals surface area contributed by atoms with E-state index in [0.717, 1.165) is 38.0 Å². The number of amides is 1. The smallest absolute Gasteiger partial charge is 0.383 e. The Kier molecular flexibility index (Phi) is 7.20. The Labute approximate surface area is 227 Å². The lowest BCUT2D eigenvalue weighted by atomic mass is 10.1. The highest BCUT2D eigenvalue weighted by atomic mass is 32.2. The number of hydrogen-bond donors (Lipinski definition) is 0. The quantitative estimate of drug-likeness (QED) is 0.334. The van der Waals surface area contributed by atoms with E-state index < -0.39 is 27.6 Å². The largest absolute Gasteiger partial charge is 0.416 e. The van der Waals surface area contributed by atoms with Gasteiger partial charge in [-0.15, -0.1) is 0 Å². The van der Waals surface area contributed by atoms with Gasteiger partial charge in [-0.3, -0.25) is 9.48 Å². The lowest BCUT2D eigenvalue weighted by Gasteiger charge is -2.32. The molecule has 39 heavy (non-hydrogen) atoms. The minimum atomic E-state index is -4.73. The first kappa shape index (κ1) is 27.2. The van der Waals surface area contributed by atoms with Crippen molar-refractivity contribution < 1.29 is 30.6 Å². The second-order valence-corrected chi connectivity index (χ2v) is 11.9. The van der Waals surface area contributed by atoms with Crippen LogP contribution in [-0.4, -0.2) is 78.6 Å². The van der Waals surface area contributed by atoms with Gasteiger partial charge in [0.05, 0.1) is 35.0 Å². The normalized spacial score (nSPS) is 18.3. The molecule has 9 nitrogen and oxygen atoms in total. The Morgan fingerprint density at radius 1 is 1.10 bits per heavy atom. The number of nitrogens with zero attached hydrogens (tertiary/aromatic N) is 5. The summed E-state index contributed by atoms with van der Waals surface area (Å²) in [6, 6.07) is 8.33. The Morgan fingerprint density at radius 2 is 1.85 bits per heavy atom. The number of rotatable bonds is 5. The van der Waals surface area contributed by atoms with Crippen molar-refractivity contribution in [2.45, 2.75) is 12.7 Å². The zero-order chi connectivity index (χ0) is 27.9. The van der Waals surface area contributed by atoms with Gasteiger partial charge >= 0.3 is 16.3 Å². The summed E-state index contributed by atoms with van der Waals surface area (Å²) in [7, 11) is -1.93. The average Bonchev–Trinajstić information content (AvgIpc) is 3.41. The van der Waals surface area contributed by atoms with Crippen LogP contribution in [0.3, 0.4) is 0 Å². The number of aromatic nitrogens is 2. The molecule has 0 saturated carbocycles. The van der Waals surface area contributed by atoms with Gasteiger partial charge in [-0.05, 0) is 60.3 Å². The van der Waals surface area contributed by atoms with Crippen LogP contribution in [0.5, 0.6) is 5.75 Å². The van der Waals surface area contributed by atoms with E-state index in [-0.39, 0.29) is 18.0 Å². The number of halogens is 3. The van der Waals surface area contributed by atoms with Crippen molar-refractivity contribution >= 4 is 49.9 Å². The molecule has 3 heterocycles. The minimum Gasteiger partial charge on any atom is -0.383 e. The van der Waals surface area contributed by atoms with Crippen molar-refractivity contribution in [1.82, 2.24) is 19.6 Å². The zero-order valence-electron chi connectivity index (χ0n) is 21.0. The third-order valence-electron chi connectivity index (χ3n) is 6.30. The lowest BCUT2D eigenvalue weighted by Crippen LogP contribution is -2.46. The summed E-state index contributed by atoms with van der Waals surface area (Å²) in [6.45, 7) is 3.20. The fraction of sp³-hybridized carbons (Fsp3) is 0.320.